The number of ether oxygens (including phenoxy) is 1. The third kappa shape index (κ3) is 3.34. The molecule has 2 unspecified atom stereocenters. The molecular weight excluding hydrogens is 348 g/mol. The summed E-state index contributed by atoms with van der Waals surface area (Å²) in [5.74, 6) is -2.49. The summed E-state index contributed by atoms with van der Waals surface area (Å²) in [6.45, 7) is 3.96. The number of carbonyl (C=O) groups is 2. The number of carboxylic acid groups (broad SMARTS) is 1. The molecule has 2 aromatic rings. The van der Waals surface area contributed by atoms with E-state index in [1.165, 1.54) is 0 Å². The fourth-order valence-corrected chi connectivity index (χ4v) is 3.59. The van der Waals surface area contributed by atoms with Gasteiger partial charge >= 0.3 is 11.9 Å². The Bertz CT molecular complexity index is 902. The fourth-order valence-electron chi connectivity index (χ4n) is 3.59. The molecule has 2 atom stereocenters. The van der Waals surface area contributed by atoms with Crippen LogP contribution in [0.1, 0.15) is 36.1 Å². The van der Waals surface area contributed by atoms with Crippen molar-refractivity contribution in [2.75, 3.05) is 0 Å². The van der Waals surface area contributed by atoms with Crippen LogP contribution in [-0.2, 0) is 28.9 Å². The molecular formula is C21H22O6. The molecule has 0 bridgehead atoms. The molecule has 3 rings (SSSR count). The van der Waals surface area contributed by atoms with Crippen LogP contribution in [0.3, 0.4) is 0 Å². The summed E-state index contributed by atoms with van der Waals surface area (Å²) in [7, 11) is 0. The number of aliphatic hydroxyl groups excluding tert-OH is 2. The summed E-state index contributed by atoms with van der Waals surface area (Å²) in [6, 6.07) is 10.0. The van der Waals surface area contributed by atoms with E-state index in [2.05, 4.69) is 6.07 Å². The minimum absolute atomic E-state index is 0.365. The van der Waals surface area contributed by atoms with Gasteiger partial charge in [0.2, 0.25) is 0 Å². The quantitative estimate of drug-likeness (QED) is 0.453. The van der Waals surface area contributed by atoms with Crippen LogP contribution in [0.5, 0.6) is 5.75 Å². The molecule has 3 N–H and O–H groups in total. The van der Waals surface area contributed by atoms with E-state index in [4.69, 9.17) is 9.84 Å². The molecule has 0 amide bonds. The number of rotatable bonds is 6. The maximum absolute atomic E-state index is 12.3. The average molecular weight is 370 g/mol. The standard InChI is InChI=1S/C21H22O6/c1-3-11-9-15-14-8-6-5-7-12(14)10-16(15)19(13(11)4-2)27-21(26)18(23)17(22)20(24)25/h5-9,17-18,22-23H,3-4,10H2,1-2H3,(H,24,25). The monoisotopic (exact) mass is 370 g/mol. The molecule has 0 fully saturated rings. The van der Waals surface area contributed by atoms with Crippen LogP contribution in [0.15, 0.2) is 30.3 Å². The molecule has 0 aliphatic heterocycles. The average Bonchev–Trinajstić information content (AvgIpc) is 3.04. The molecule has 1 aliphatic carbocycles. The van der Waals surface area contributed by atoms with E-state index in [-0.39, 0.29) is 0 Å². The summed E-state index contributed by atoms with van der Waals surface area (Å²) in [4.78, 5) is 23.1. The van der Waals surface area contributed by atoms with E-state index in [1.807, 2.05) is 38.1 Å². The number of hydrogen-bond acceptors (Lipinski definition) is 5. The highest BCUT2D eigenvalue weighted by molar-refractivity contribution is 5.87. The summed E-state index contributed by atoms with van der Waals surface area (Å²) in [5.41, 5.74) is 5.91. The Kier molecular flexibility index (Phi) is 5.30. The van der Waals surface area contributed by atoms with Crippen molar-refractivity contribution in [1.82, 2.24) is 0 Å². The number of fused-ring (bicyclic) bond motifs is 3. The number of carbonyl (C=O) groups excluding carboxylic acids is 1. The smallest absolute Gasteiger partial charge is 0.343 e. The van der Waals surface area contributed by atoms with Gasteiger partial charge in [0.05, 0.1) is 0 Å². The Balaban J connectivity index is 2.07. The van der Waals surface area contributed by atoms with E-state index >= 15 is 0 Å². The summed E-state index contributed by atoms with van der Waals surface area (Å²) in [6.07, 6.45) is -2.45. The van der Waals surface area contributed by atoms with Gasteiger partial charge in [0, 0.05) is 12.0 Å². The molecule has 0 aromatic heterocycles. The van der Waals surface area contributed by atoms with Crippen LogP contribution in [0.4, 0.5) is 0 Å². The number of carboxylic acids is 1. The van der Waals surface area contributed by atoms with Gasteiger partial charge in [0.1, 0.15) is 5.75 Å². The van der Waals surface area contributed by atoms with E-state index in [0.717, 1.165) is 39.8 Å². The predicted molar refractivity (Wildman–Crippen MR) is 98.7 cm³/mol. The normalized spacial score (nSPS) is 14.2. The van der Waals surface area contributed by atoms with Gasteiger partial charge in [-0.25, -0.2) is 9.59 Å². The van der Waals surface area contributed by atoms with Crippen molar-refractivity contribution in [3.63, 3.8) is 0 Å². The third-order valence-electron chi connectivity index (χ3n) is 4.98. The van der Waals surface area contributed by atoms with Crippen molar-refractivity contribution in [2.24, 2.45) is 0 Å². The Hall–Kier alpha value is -2.70. The minimum Gasteiger partial charge on any atom is -0.479 e. The van der Waals surface area contributed by atoms with E-state index in [9.17, 15) is 19.8 Å². The first kappa shape index (κ1) is 19.1. The first-order valence-corrected chi connectivity index (χ1v) is 8.95. The largest absolute Gasteiger partial charge is 0.479 e. The lowest BCUT2D eigenvalue weighted by atomic mass is 9.94. The Morgan fingerprint density at radius 2 is 1.78 bits per heavy atom. The molecule has 2 aromatic carbocycles. The van der Waals surface area contributed by atoms with Crippen LogP contribution in [0.25, 0.3) is 11.1 Å². The lowest BCUT2D eigenvalue weighted by Gasteiger charge is -2.20. The number of aliphatic carboxylic acids is 1. The number of benzene rings is 2. The molecule has 142 valence electrons. The van der Waals surface area contributed by atoms with Gasteiger partial charge in [-0.15, -0.1) is 0 Å². The number of aliphatic hydroxyl groups is 2. The van der Waals surface area contributed by atoms with Crippen molar-refractivity contribution in [3.8, 4) is 16.9 Å². The van der Waals surface area contributed by atoms with Gasteiger partial charge in [-0.05, 0) is 40.7 Å². The second-order valence-corrected chi connectivity index (χ2v) is 6.56. The molecule has 0 spiro atoms. The zero-order valence-corrected chi connectivity index (χ0v) is 15.2. The molecule has 0 saturated heterocycles. The topological polar surface area (TPSA) is 104 Å². The van der Waals surface area contributed by atoms with Crippen LogP contribution in [-0.4, -0.2) is 39.5 Å². The first-order valence-electron chi connectivity index (χ1n) is 8.95. The molecule has 0 saturated carbocycles. The molecule has 1 aliphatic rings. The van der Waals surface area contributed by atoms with E-state index < -0.39 is 24.1 Å². The maximum Gasteiger partial charge on any atom is 0.343 e. The highest BCUT2D eigenvalue weighted by Gasteiger charge is 2.34. The SMILES string of the molecule is CCc1cc2c(c(OC(=O)C(O)C(O)C(=O)O)c1CC)Cc1ccccc1-2. The predicted octanol–water partition coefficient (Wildman–Crippen LogP) is 2.09. The van der Waals surface area contributed by atoms with E-state index in [1.54, 1.807) is 0 Å². The van der Waals surface area contributed by atoms with Gasteiger partial charge in [-0.1, -0.05) is 44.2 Å². The van der Waals surface area contributed by atoms with Crippen molar-refractivity contribution < 1.29 is 29.6 Å². The lowest BCUT2D eigenvalue weighted by Crippen LogP contribution is -2.42. The third-order valence-corrected chi connectivity index (χ3v) is 4.98. The second-order valence-electron chi connectivity index (χ2n) is 6.56. The highest BCUT2D eigenvalue weighted by atomic mass is 16.6. The summed E-state index contributed by atoms with van der Waals surface area (Å²) >= 11 is 0. The lowest BCUT2D eigenvalue weighted by molar-refractivity contribution is -0.164. The van der Waals surface area contributed by atoms with Crippen LogP contribution in [0, 0.1) is 0 Å². The van der Waals surface area contributed by atoms with Crippen molar-refractivity contribution in [2.45, 2.75) is 45.3 Å². The van der Waals surface area contributed by atoms with Gasteiger partial charge < -0.3 is 20.1 Å². The van der Waals surface area contributed by atoms with E-state index in [0.29, 0.717) is 18.6 Å². The van der Waals surface area contributed by atoms with Gasteiger partial charge in [-0.3, -0.25) is 0 Å². The van der Waals surface area contributed by atoms with Crippen LogP contribution < -0.4 is 4.74 Å². The highest BCUT2D eigenvalue weighted by Crippen LogP contribution is 2.44. The van der Waals surface area contributed by atoms with Gasteiger partial charge in [0.25, 0.3) is 0 Å². The molecule has 6 nitrogen and oxygen atoms in total. The Morgan fingerprint density at radius 3 is 2.41 bits per heavy atom. The zero-order chi connectivity index (χ0) is 19.7. The first-order chi connectivity index (χ1) is 12.9. The molecule has 0 radical (unpaired) electrons. The molecule has 27 heavy (non-hydrogen) atoms. The maximum atomic E-state index is 12.3. The number of hydrogen-bond donors (Lipinski definition) is 3. The van der Waals surface area contributed by atoms with Crippen LogP contribution >= 0.6 is 0 Å². The van der Waals surface area contributed by atoms with Crippen molar-refractivity contribution >= 4 is 11.9 Å². The summed E-state index contributed by atoms with van der Waals surface area (Å²) < 4.78 is 5.47. The number of aryl methyl sites for hydroxylation is 1. The second kappa shape index (κ2) is 7.50. The minimum atomic E-state index is -2.23. The molecule has 6 heteroatoms. The number of esters is 1. The summed E-state index contributed by atoms with van der Waals surface area (Å²) in [5, 5.41) is 28.1. The van der Waals surface area contributed by atoms with Crippen LogP contribution in [0.2, 0.25) is 0 Å². The fraction of sp³-hybridized carbons (Fsp3) is 0.333. The Labute approximate surface area is 157 Å². The zero-order valence-electron chi connectivity index (χ0n) is 15.2. The van der Waals surface area contributed by atoms with Gasteiger partial charge in [-0.2, -0.15) is 0 Å². The van der Waals surface area contributed by atoms with Crippen molar-refractivity contribution in [3.05, 3.63) is 52.6 Å². The molecule has 0 heterocycles. The van der Waals surface area contributed by atoms with Crippen molar-refractivity contribution in [1.29, 1.82) is 0 Å². The van der Waals surface area contributed by atoms with Gasteiger partial charge in [0.15, 0.2) is 12.2 Å². The Morgan fingerprint density at radius 1 is 1.07 bits per heavy atom.